The highest BCUT2D eigenvalue weighted by atomic mass is 35.5. The van der Waals surface area contributed by atoms with E-state index in [0.717, 1.165) is 0 Å². The smallest absolute Gasteiger partial charge is 0.221 e. The van der Waals surface area contributed by atoms with Crippen molar-refractivity contribution in [3.8, 4) is 0 Å². The number of Topliss-reactive ketones (excluding diaryl/α,β-unsaturated/α-hetero) is 1. The van der Waals surface area contributed by atoms with Crippen LogP contribution in [0.1, 0.15) is 24.2 Å². The summed E-state index contributed by atoms with van der Waals surface area (Å²) in [6.45, 7) is 2.76. The number of benzene rings is 1. The summed E-state index contributed by atoms with van der Waals surface area (Å²) in [5, 5.41) is 2.79. The molecule has 1 amide bonds. The Labute approximate surface area is 92.4 Å². The van der Waals surface area contributed by atoms with Crippen LogP contribution in [0.15, 0.2) is 12.1 Å². The summed E-state index contributed by atoms with van der Waals surface area (Å²) in [7, 11) is 0. The number of amides is 1. The maximum atomic E-state index is 11.2. The molecule has 1 aromatic rings. The van der Waals surface area contributed by atoms with Gasteiger partial charge in [-0.05, 0) is 19.1 Å². The van der Waals surface area contributed by atoms with E-state index >= 15 is 0 Å². The van der Waals surface area contributed by atoms with E-state index in [9.17, 15) is 9.59 Å². The molecule has 0 radical (unpaired) electrons. The summed E-state index contributed by atoms with van der Waals surface area (Å²) < 4.78 is 0. The summed E-state index contributed by atoms with van der Waals surface area (Å²) >= 11 is 5.82. The zero-order chi connectivity index (χ0) is 11.6. The van der Waals surface area contributed by atoms with Crippen molar-refractivity contribution < 1.29 is 9.59 Å². The van der Waals surface area contributed by atoms with Crippen molar-refractivity contribution in [1.82, 2.24) is 0 Å². The van der Waals surface area contributed by atoms with Crippen LogP contribution in [0.5, 0.6) is 0 Å². The lowest BCUT2D eigenvalue weighted by molar-refractivity contribution is -0.114. The van der Waals surface area contributed by atoms with Gasteiger partial charge in [0.15, 0.2) is 5.78 Å². The van der Waals surface area contributed by atoms with Gasteiger partial charge in [-0.1, -0.05) is 11.6 Å². The maximum Gasteiger partial charge on any atom is 0.221 e. The van der Waals surface area contributed by atoms with E-state index in [4.69, 9.17) is 17.3 Å². The number of carbonyl (C=O) groups excluding carboxylic acids is 2. The molecule has 1 rings (SSSR count). The molecule has 0 aromatic heterocycles. The van der Waals surface area contributed by atoms with E-state index in [1.807, 2.05) is 0 Å². The van der Waals surface area contributed by atoms with Crippen molar-refractivity contribution in [2.24, 2.45) is 0 Å². The largest absolute Gasteiger partial charge is 0.397 e. The van der Waals surface area contributed by atoms with Crippen LogP contribution in [0.25, 0.3) is 0 Å². The summed E-state index contributed by atoms with van der Waals surface area (Å²) in [6.07, 6.45) is 0. The third-order valence-electron chi connectivity index (χ3n) is 1.83. The van der Waals surface area contributed by atoms with Gasteiger partial charge in [-0.2, -0.15) is 0 Å². The number of ketones is 1. The fourth-order valence-corrected chi connectivity index (χ4v) is 1.40. The molecule has 0 heterocycles. The van der Waals surface area contributed by atoms with Crippen molar-refractivity contribution in [2.45, 2.75) is 13.8 Å². The van der Waals surface area contributed by atoms with Gasteiger partial charge in [0, 0.05) is 18.2 Å². The first kappa shape index (κ1) is 11.5. The molecule has 0 unspecified atom stereocenters. The number of hydrogen-bond acceptors (Lipinski definition) is 3. The number of anilines is 2. The molecule has 3 N–H and O–H groups in total. The third kappa shape index (κ3) is 2.70. The molecule has 0 atom stereocenters. The van der Waals surface area contributed by atoms with Gasteiger partial charge in [-0.25, -0.2) is 0 Å². The van der Waals surface area contributed by atoms with Gasteiger partial charge in [0.2, 0.25) is 5.91 Å². The van der Waals surface area contributed by atoms with E-state index in [1.165, 1.54) is 26.0 Å². The first-order chi connectivity index (χ1) is 6.91. The van der Waals surface area contributed by atoms with Crippen LogP contribution >= 0.6 is 11.6 Å². The molecule has 15 heavy (non-hydrogen) atoms. The van der Waals surface area contributed by atoms with Gasteiger partial charge in [0.05, 0.1) is 10.7 Å². The molecule has 0 aliphatic carbocycles. The molecule has 0 fully saturated rings. The van der Waals surface area contributed by atoms with E-state index < -0.39 is 0 Å². The van der Waals surface area contributed by atoms with Crippen molar-refractivity contribution in [3.05, 3.63) is 22.7 Å². The van der Waals surface area contributed by atoms with Gasteiger partial charge in [-0.3, -0.25) is 9.59 Å². The van der Waals surface area contributed by atoms with Crippen molar-refractivity contribution >= 4 is 34.7 Å². The van der Waals surface area contributed by atoms with Crippen LogP contribution in [0, 0.1) is 0 Å². The molecular weight excluding hydrogens is 216 g/mol. The molecule has 0 saturated heterocycles. The second kappa shape index (κ2) is 4.31. The predicted molar refractivity (Wildman–Crippen MR) is 60.2 cm³/mol. The van der Waals surface area contributed by atoms with Crippen molar-refractivity contribution in [2.75, 3.05) is 11.1 Å². The fraction of sp³-hybridized carbons (Fsp3) is 0.200. The fourth-order valence-electron chi connectivity index (χ4n) is 1.18. The Balaban J connectivity index is 3.23. The Morgan fingerprint density at radius 2 is 1.93 bits per heavy atom. The zero-order valence-electron chi connectivity index (χ0n) is 8.43. The predicted octanol–water partition coefficient (Wildman–Crippen LogP) is 2.08. The SMILES string of the molecule is CC(=O)Nc1cc(Cl)c(N)c(C(C)=O)c1. The Hall–Kier alpha value is -1.55. The lowest BCUT2D eigenvalue weighted by atomic mass is 10.1. The second-order valence-corrected chi connectivity index (χ2v) is 3.56. The molecule has 1 aromatic carbocycles. The normalized spacial score (nSPS) is 9.80. The average Bonchev–Trinajstić information content (AvgIpc) is 2.09. The van der Waals surface area contributed by atoms with Crippen LogP contribution in [-0.4, -0.2) is 11.7 Å². The summed E-state index contributed by atoms with van der Waals surface area (Å²) in [5.74, 6) is -0.424. The Bertz CT molecular complexity index is 430. The highest BCUT2D eigenvalue weighted by molar-refractivity contribution is 6.34. The van der Waals surface area contributed by atoms with Crippen LogP contribution in [0.3, 0.4) is 0 Å². The maximum absolute atomic E-state index is 11.2. The summed E-state index contributed by atoms with van der Waals surface area (Å²) in [6, 6.07) is 3.01. The molecule has 80 valence electrons. The Morgan fingerprint density at radius 1 is 1.33 bits per heavy atom. The molecular formula is C10H11ClN2O2. The number of rotatable bonds is 2. The minimum Gasteiger partial charge on any atom is -0.397 e. The number of nitrogens with one attached hydrogen (secondary N) is 1. The van der Waals surface area contributed by atoms with E-state index in [1.54, 1.807) is 0 Å². The molecule has 4 nitrogen and oxygen atoms in total. The van der Waals surface area contributed by atoms with Gasteiger partial charge >= 0.3 is 0 Å². The minimum atomic E-state index is -0.231. The highest BCUT2D eigenvalue weighted by Gasteiger charge is 2.10. The van der Waals surface area contributed by atoms with Gasteiger partial charge < -0.3 is 11.1 Å². The van der Waals surface area contributed by atoms with Gasteiger partial charge in [0.25, 0.3) is 0 Å². The lowest BCUT2D eigenvalue weighted by Crippen LogP contribution is -2.08. The molecule has 0 saturated carbocycles. The van der Waals surface area contributed by atoms with E-state index in [2.05, 4.69) is 5.32 Å². The first-order valence-electron chi connectivity index (χ1n) is 4.29. The Kier molecular flexibility index (Phi) is 3.31. The van der Waals surface area contributed by atoms with Crippen LogP contribution in [0.2, 0.25) is 5.02 Å². The van der Waals surface area contributed by atoms with Gasteiger partial charge in [-0.15, -0.1) is 0 Å². The van der Waals surface area contributed by atoms with Crippen molar-refractivity contribution in [3.63, 3.8) is 0 Å². The monoisotopic (exact) mass is 226 g/mol. The highest BCUT2D eigenvalue weighted by Crippen LogP contribution is 2.27. The van der Waals surface area contributed by atoms with Crippen LogP contribution < -0.4 is 11.1 Å². The molecule has 0 spiro atoms. The topological polar surface area (TPSA) is 72.2 Å². The number of halogens is 1. The van der Waals surface area contributed by atoms with E-state index in [-0.39, 0.29) is 22.4 Å². The standard InChI is InChI=1S/C10H11ClN2O2/c1-5(14)8-3-7(13-6(2)15)4-9(11)10(8)12/h3-4H,12H2,1-2H3,(H,13,15). The summed E-state index contributed by atoms with van der Waals surface area (Å²) in [5.41, 5.74) is 6.63. The Morgan fingerprint density at radius 3 is 2.40 bits per heavy atom. The quantitative estimate of drug-likeness (QED) is 0.599. The molecule has 0 bridgehead atoms. The van der Waals surface area contributed by atoms with Gasteiger partial charge in [0.1, 0.15) is 0 Å². The molecule has 5 heteroatoms. The lowest BCUT2D eigenvalue weighted by Gasteiger charge is -2.08. The van der Waals surface area contributed by atoms with Crippen LogP contribution in [0.4, 0.5) is 11.4 Å². The summed E-state index contributed by atoms with van der Waals surface area (Å²) in [4.78, 5) is 22.0. The average molecular weight is 227 g/mol. The zero-order valence-corrected chi connectivity index (χ0v) is 9.18. The number of nitrogens with two attached hydrogens (primary N) is 1. The first-order valence-corrected chi connectivity index (χ1v) is 4.67. The van der Waals surface area contributed by atoms with Crippen LogP contribution in [-0.2, 0) is 4.79 Å². The van der Waals surface area contributed by atoms with E-state index in [0.29, 0.717) is 11.3 Å². The van der Waals surface area contributed by atoms with Crippen molar-refractivity contribution in [1.29, 1.82) is 0 Å². The second-order valence-electron chi connectivity index (χ2n) is 3.16. The minimum absolute atomic E-state index is 0.193. The third-order valence-corrected chi connectivity index (χ3v) is 2.14. The number of nitrogen functional groups attached to an aromatic ring is 1. The molecule has 0 aliphatic rings. The number of hydrogen-bond donors (Lipinski definition) is 2. The number of carbonyl (C=O) groups is 2. The molecule has 0 aliphatic heterocycles.